The molecule has 34 heavy (non-hydrogen) atoms. The number of nitrogens with one attached hydrogen (secondary N) is 1. The molecule has 0 bridgehead atoms. The summed E-state index contributed by atoms with van der Waals surface area (Å²) in [6.45, 7) is 1.86. The van der Waals surface area contributed by atoms with E-state index in [1.165, 1.54) is 17.5 Å². The van der Waals surface area contributed by atoms with E-state index in [9.17, 15) is 13.2 Å². The summed E-state index contributed by atoms with van der Waals surface area (Å²) in [6, 6.07) is 14.4. The van der Waals surface area contributed by atoms with Gasteiger partial charge >= 0.3 is 0 Å². The molecule has 1 unspecified atom stereocenters. The Morgan fingerprint density at radius 2 is 2.00 bits per heavy atom. The monoisotopic (exact) mass is 495 g/mol. The van der Waals surface area contributed by atoms with Crippen LogP contribution >= 0.6 is 11.3 Å². The number of morpholine rings is 1. The summed E-state index contributed by atoms with van der Waals surface area (Å²) in [7, 11) is -3.85. The van der Waals surface area contributed by atoms with Crippen LogP contribution in [0.4, 0.5) is 0 Å². The van der Waals surface area contributed by atoms with Crippen LogP contribution in [0.2, 0.25) is 0 Å². The number of carbonyl (C=O) groups is 1. The minimum Gasteiger partial charge on any atom is -0.377 e. The van der Waals surface area contributed by atoms with E-state index in [1.807, 2.05) is 30.3 Å². The largest absolute Gasteiger partial charge is 0.377 e. The van der Waals surface area contributed by atoms with Gasteiger partial charge in [0, 0.05) is 24.8 Å². The first kappa shape index (κ1) is 21.4. The summed E-state index contributed by atoms with van der Waals surface area (Å²) in [6.07, 6.45) is 1.51. The zero-order chi connectivity index (χ0) is 23.3. The number of amides is 1. The second kappa shape index (κ2) is 7.98. The lowest BCUT2D eigenvalue weighted by Gasteiger charge is -2.39. The van der Waals surface area contributed by atoms with Crippen molar-refractivity contribution in [2.75, 3.05) is 19.8 Å². The van der Waals surface area contributed by atoms with Crippen LogP contribution < -0.4 is 5.32 Å². The van der Waals surface area contributed by atoms with E-state index in [0.717, 1.165) is 25.4 Å². The molecule has 4 aromatic rings. The van der Waals surface area contributed by atoms with Gasteiger partial charge in [-0.3, -0.25) is 10.1 Å². The van der Waals surface area contributed by atoms with Crippen molar-refractivity contribution in [2.45, 2.75) is 23.5 Å². The topological polar surface area (TPSA) is 106 Å². The number of benzene rings is 2. The Balaban J connectivity index is 1.27. The Labute approximate surface area is 200 Å². The van der Waals surface area contributed by atoms with Crippen molar-refractivity contribution in [3.8, 4) is 0 Å². The molecular formula is C23H21N5O4S2. The maximum atomic E-state index is 13.7. The average molecular weight is 496 g/mol. The number of hydrogen-bond donors (Lipinski definition) is 1. The summed E-state index contributed by atoms with van der Waals surface area (Å²) >= 11 is 1.39. The second-order valence-corrected chi connectivity index (χ2v) is 11.1. The smallest absolute Gasteiger partial charge is 0.283 e. The SMILES string of the molecule is O=C(N1Cc2cn(S(=O)(=O)c3ccc4ncsc4c3)nc2C1)C1(c2ccccc2)COCCN1. The highest BCUT2D eigenvalue weighted by Crippen LogP contribution is 2.32. The van der Waals surface area contributed by atoms with Gasteiger partial charge < -0.3 is 9.64 Å². The first-order chi connectivity index (χ1) is 16.5. The molecule has 9 nitrogen and oxygen atoms in total. The predicted molar refractivity (Wildman–Crippen MR) is 126 cm³/mol. The molecule has 11 heteroatoms. The maximum Gasteiger partial charge on any atom is 0.283 e. The fourth-order valence-electron chi connectivity index (χ4n) is 4.55. The molecule has 0 saturated carbocycles. The van der Waals surface area contributed by atoms with Crippen LogP contribution in [0.1, 0.15) is 16.8 Å². The van der Waals surface area contributed by atoms with Gasteiger partial charge in [0.05, 0.1) is 46.1 Å². The summed E-state index contributed by atoms with van der Waals surface area (Å²) in [5, 5.41) is 7.72. The van der Waals surface area contributed by atoms with Gasteiger partial charge in [-0.05, 0) is 23.8 Å². The Kier molecular flexibility index (Phi) is 5.03. The number of ether oxygens (including phenoxy) is 1. The van der Waals surface area contributed by atoms with E-state index in [2.05, 4.69) is 15.4 Å². The van der Waals surface area contributed by atoms with Gasteiger partial charge in [-0.15, -0.1) is 11.3 Å². The van der Waals surface area contributed by atoms with Crippen LogP contribution in [0.25, 0.3) is 10.2 Å². The molecule has 2 aliphatic rings. The lowest BCUT2D eigenvalue weighted by molar-refractivity contribution is -0.145. The van der Waals surface area contributed by atoms with Gasteiger partial charge in [-0.1, -0.05) is 30.3 Å². The zero-order valence-corrected chi connectivity index (χ0v) is 19.7. The third-order valence-corrected chi connectivity index (χ3v) is 8.64. The molecule has 1 amide bonds. The third-order valence-electron chi connectivity index (χ3n) is 6.32. The van der Waals surface area contributed by atoms with Gasteiger partial charge in [-0.25, -0.2) is 4.98 Å². The predicted octanol–water partition coefficient (Wildman–Crippen LogP) is 2.09. The number of hydrogen-bond acceptors (Lipinski definition) is 8. The molecule has 1 fully saturated rings. The maximum absolute atomic E-state index is 13.7. The van der Waals surface area contributed by atoms with Crippen molar-refractivity contribution in [3.63, 3.8) is 0 Å². The first-order valence-corrected chi connectivity index (χ1v) is 13.1. The lowest BCUT2D eigenvalue weighted by atomic mass is 9.88. The van der Waals surface area contributed by atoms with Gasteiger partial charge in [0.1, 0.15) is 5.54 Å². The Bertz CT molecular complexity index is 1470. The molecule has 0 aliphatic carbocycles. The van der Waals surface area contributed by atoms with Crippen LogP contribution in [-0.4, -0.2) is 53.2 Å². The van der Waals surface area contributed by atoms with Gasteiger partial charge in [-0.2, -0.15) is 17.6 Å². The summed E-state index contributed by atoms with van der Waals surface area (Å²) < 4.78 is 33.9. The highest BCUT2D eigenvalue weighted by Gasteiger charge is 2.46. The zero-order valence-electron chi connectivity index (χ0n) is 18.0. The number of rotatable bonds is 4. The number of carbonyl (C=O) groups excluding carboxylic acids is 1. The molecule has 174 valence electrons. The number of fused-ring (bicyclic) bond motifs is 2. The van der Waals surface area contributed by atoms with E-state index < -0.39 is 15.6 Å². The highest BCUT2D eigenvalue weighted by molar-refractivity contribution is 7.89. The third kappa shape index (κ3) is 3.35. The lowest BCUT2D eigenvalue weighted by Crippen LogP contribution is -2.60. The molecule has 4 heterocycles. The van der Waals surface area contributed by atoms with Crippen LogP contribution in [0.5, 0.6) is 0 Å². The number of nitrogens with zero attached hydrogens (tertiary/aromatic N) is 4. The van der Waals surface area contributed by atoms with Crippen molar-refractivity contribution in [2.24, 2.45) is 0 Å². The molecular weight excluding hydrogens is 474 g/mol. The average Bonchev–Trinajstić information content (AvgIpc) is 3.59. The quantitative estimate of drug-likeness (QED) is 0.462. The first-order valence-electron chi connectivity index (χ1n) is 10.8. The van der Waals surface area contributed by atoms with E-state index in [-0.39, 0.29) is 30.5 Å². The molecule has 1 atom stereocenters. The normalized spacial score (nSPS) is 20.5. The van der Waals surface area contributed by atoms with Crippen LogP contribution in [-0.2, 0) is 38.2 Å². The second-order valence-electron chi connectivity index (χ2n) is 8.37. The van der Waals surface area contributed by atoms with E-state index in [0.29, 0.717) is 18.8 Å². The molecule has 1 saturated heterocycles. The van der Waals surface area contributed by atoms with Gasteiger partial charge in [0.2, 0.25) is 0 Å². The number of thiazole rings is 1. The van der Waals surface area contributed by atoms with Crippen molar-refractivity contribution in [1.29, 1.82) is 0 Å². The summed E-state index contributed by atoms with van der Waals surface area (Å²) in [5.74, 6) is -0.110. The Hall–Kier alpha value is -3.12. The van der Waals surface area contributed by atoms with Crippen LogP contribution in [0, 0.1) is 0 Å². The van der Waals surface area contributed by atoms with Gasteiger partial charge in [0.25, 0.3) is 15.9 Å². The fourth-order valence-corrected chi connectivity index (χ4v) is 6.54. The van der Waals surface area contributed by atoms with Crippen molar-refractivity contribution in [3.05, 3.63) is 77.1 Å². The summed E-state index contributed by atoms with van der Waals surface area (Å²) in [5.41, 5.74) is 3.61. The van der Waals surface area contributed by atoms with Crippen molar-refractivity contribution < 1.29 is 17.9 Å². The number of aromatic nitrogens is 3. The minimum absolute atomic E-state index is 0.110. The fraction of sp³-hybridized carbons (Fsp3) is 0.261. The van der Waals surface area contributed by atoms with Crippen molar-refractivity contribution in [1.82, 2.24) is 24.4 Å². The standard InChI is InChI=1S/C23H21N5O4S2/c29-22(23(14-32-9-8-25-23)17-4-2-1-3-5-17)27-11-16-12-28(26-20(16)13-27)34(30,31)18-6-7-19-21(10-18)33-15-24-19/h1-7,10,12,15,25H,8-9,11,13-14H2. The molecule has 2 aromatic carbocycles. The Morgan fingerprint density at radius 3 is 2.76 bits per heavy atom. The van der Waals surface area contributed by atoms with E-state index in [4.69, 9.17) is 4.74 Å². The summed E-state index contributed by atoms with van der Waals surface area (Å²) in [4.78, 5) is 19.8. The highest BCUT2D eigenvalue weighted by atomic mass is 32.2. The van der Waals surface area contributed by atoms with Gasteiger partial charge in [0.15, 0.2) is 0 Å². The Morgan fingerprint density at radius 1 is 1.15 bits per heavy atom. The molecule has 1 N–H and O–H groups in total. The molecule has 2 aromatic heterocycles. The van der Waals surface area contributed by atoms with E-state index in [1.54, 1.807) is 28.6 Å². The van der Waals surface area contributed by atoms with Crippen LogP contribution in [0.3, 0.4) is 0 Å². The molecule has 0 radical (unpaired) electrons. The minimum atomic E-state index is -3.85. The van der Waals surface area contributed by atoms with E-state index >= 15 is 0 Å². The van der Waals surface area contributed by atoms with Crippen molar-refractivity contribution >= 4 is 37.5 Å². The molecule has 0 spiro atoms. The molecule has 2 aliphatic heterocycles. The molecule has 6 rings (SSSR count). The van der Waals surface area contributed by atoms with Crippen LogP contribution in [0.15, 0.2) is 65.1 Å².